The predicted molar refractivity (Wildman–Crippen MR) is 90.3 cm³/mol. The minimum absolute atomic E-state index is 0.278. The Hall–Kier alpha value is -1.63. The number of nitrogens with zero attached hydrogens (tertiary/aromatic N) is 1. The van der Waals surface area contributed by atoms with E-state index in [-0.39, 0.29) is 11.6 Å². The molecule has 1 atom stereocenters. The van der Waals surface area contributed by atoms with Gasteiger partial charge in [-0.15, -0.1) is 0 Å². The van der Waals surface area contributed by atoms with Crippen LogP contribution in [-0.4, -0.2) is 33.2 Å². The molecule has 1 aromatic rings. The maximum absolute atomic E-state index is 13.1. The second-order valence-corrected chi connectivity index (χ2v) is 7.79. The number of rotatable bonds is 8. The highest BCUT2D eigenvalue weighted by atomic mass is 32.2. The molecule has 0 radical (unpaired) electrons. The van der Waals surface area contributed by atoms with Crippen LogP contribution < -0.4 is 9.62 Å². The van der Waals surface area contributed by atoms with E-state index in [1.807, 2.05) is 13.8 Å². The van der Waals surface area contributed by atoms with Crippen molar-refractivity contribution in [2.24, 2.45) is 5.92 Å². The third-order valence-corrected chi connectivity index (χ3v) is 4.61. The molecule has 1 N–H and O–H groups in total. The number of carbonyl (C=O) groups is 1. The smallest absolute Gasteiger partial charge is 0.243 e. The predicted octanol–water partition coefficient (Wildman–Crippen LogP) is 2.53. The Bertz CT molecular complexity index is 615. The van der Waals surface area contributed by atoms with Crippen molar-refractivity contribution in [3.8, 4) is 0 Å². The lowest BCUT2D eigenvalue weighted by molar-refractivity contribution is -0.122. The van der Waals surface area contributed by atoms with E-state index in [9.17, 15) is 17.6 Å². The van der Waals surface area contributed by atoms with Gasteiger partial charge in [-0.3, -0.25) is 9.10 Å². The Morgan fingerprint density at radius 3 is 2.26 bits per heavy atom. The molecule has 0 fully saturated rings. The van der Waals surface area contributed by atoms with Crippen molar-refractivity contribution in [1.29, 1.82) is 0 Å². The SMILES string of the molecule is CC[C@@H](C(=O)NCCC(C)C)N(c1ccc(F)cc1)S(C)(=O)=O. The Morgan fingerprint density at radius 1 is 1.26 bits per heavy atom. The van der Waals surface area contributed by atoms with E-state index in [1.54, 1.807) is 6.92 Å². The molecule has 7 heteroatoms. The molecule has 0 saturated carbocycles. The summed E-state index contributed by atoms with van der Waals surface area (Å²) in [7, 11) is -3.68. The zero-order valence-corrected chi connectivity index (χ0v) is 14.9. The number of carbonyl (C=O) groups excluding carboxylic acids is 1. The molecule has 0 aliphatic heterocycles. The van der Waals surface area contributed by atoms with Gasteiger partial charge in [-0.2, -0.15) is 0 Å². The van der Waals surface area contributed by atoms with E-state index >= 15 is 0 Å². The first-order valence-corrected chi connectivity index (χ1v) is 9.54. The topological polar surface area (TPSA) is 66.5 Å². The van der Waals surface area contributed by atoms with Gasteiger partial charge in [0.2, 0.25) is 15.9 Å². The fourth-order valence-electron chi connectivity index (χ4n) is 2.25. The second-order valence-electron chi connectivity index (χ2n) is 5.93. The van der Waals surface area contributed by atoms with Gasteiger partial charge in [0.1, 0.15) is 11.9 Å². The van der Waals surface area contributed by atoms with Gasteiger partial charge in [-0.05, 0) is 43.0 Å². The summed E-state index contributed by atoms with van der Waals surface area (Å²) in [4.78, 5) is 12.4. The van der Waals surface area contributed by atoms with Gasteiger partial charge < -0.3 is 5.32 Å². The van der Waals surface area contributed by atoms with Crippen molar-refractivity contribution in [2.75, 3.05) is 17.1 Å². The highest BCUT2D eigenvalue weighted by Crippen LogP contribution is 2.22. The molecular formula is C16H25FN2O3S. The molecule has 1 rings (SSSR count). The lowest BCUT2D eigenvalue weighted by Crippen LogP contribution is -2.49. The number of halogens is 1. The number of anilines is 1. The number of amides is 1. The summed E-state index contributed by atoms with van der Waals surface area (Å²) >= 11 is 0. The summed E-state index contributed by atoms with van der Waals surface area (Å²) < 4.78 is 38.4. The van der Waals surface area contributed by atoms with Crippen molar-refractivity contribution in [3.05, 3.63) is 30.1 Å². The average Bonchev–Trinajstić information content (AvgIpc) is 2.44. The molecule has 1 aromatic carbocycles. The highest BCUT2D eigenvalue weighted by Gasteiger charge is 2.31. The summed E-state index contributed by atoms with van der Waals surface area (Å²) in [5.74, 6) is -0.363. The number of benzene rings is 1. The maximum Gasteiger partial charge on any atom is 0.243 e. The Kier molecular flexibility index (Phi) is 7.00. The summed E-state index contributed by atoms with van der Waals surface area (Å²) in [6, 6.07) is 4.22. The van der Waals surface area contributed by atoms with E-state index < -0.39 is 21.9 Å². The lowest BCUT2D eigenvalue weighted by atomic mass is 10.1. The number of hydrogen-bond acceptors (Lipinski definition) is 3. The summed E-state index contributed by atoms with van der Waals surface area (Å²) in [5, 5.41) is 2.78. The van der Waals surface area contributed by atoms with Crippen LogP contribution in [0.5, 0.6) is 0 Å². The van der Waals surface area contributed by atoms with Crippen LogP contribution >= 0.6 is 0 Å². The zero-order chi connectivity index (χ0) is 17.6. The van der Waals surface area contributed by atoms with Gasteiger partial charge in [0.25, 0.3) is 0 Å². The largest absolute Gasteiger partial charge is 0.354 e. The highest BCUT2D eigenvalue weighted by molar-refractivity contribution is 7.92. The Labute approximate surface area is 137 Å². The molecule has 0 heterocycles. The molecule has 23 heavy (non-hydrogen) atoms. The van der Waals surface area contributed by atoms with Crippen molar-refractivity contribution >= 4 is 21.6 Å². The second kappa shape index (κ2) is 8.29. The first-order valence-electron chi connectivity index (χ1n) is 7.69. The first kappa shape index (κ1) is 19.4. The third kappa shape index (κ3) is 5.82. The van der Waals surface area contributed by atoms with Gasteiger partial charge in [0.15, 0.2) is 0 Å². The molecule has 0 aliphatic rings. The van der Waals surface area contributed by atoms with Crippen LogP contribution in [0.1, 0.15) is 33.6 Å². The van der Waals surface area contributed by atoms with E-state index in [4.69, 9.17) is 0 Å². The van der Waals surface area contributed by atoms with Crippen molar-refractivity contribution in [2.45, 2.75) is 39.7 Å². The van der Waals surface area contributed by atoms with Crippen LogP contribution in [0.2, 0.25) is 0 Å². The van der Waals surface area contributed by atoms with E-state index in [1.165, 1.54) is 24.3 Å². The molecule has 0 bridgehead atoms. The van der Waals surface area contributed by atoms with Gasteiger partial charge >= 0.3 is 0 Å². The van der Waals surface area contributed by atoms with Gasteiger partial charge in [-0.25, -0.2) is 12.8 Å². The summed E-state index contributed by atoms with van der Waals surface area (Å²) in [6.07, 6.45) is 2.18. The standard InChI is InChI=1S/C16H25FN2O3S/c1-5-15(16(20)18-11-10-12(2)3)19(23(4,21)22)14-8-6-13(17)7-9-14/h6-9,12,15H,5,10-11H2,1-4H3,(H,18,20)/t15-/m0/s1. The van der Waals surface area contributed by atoms with Gasteiger partial charge in [0, 0.05) is 6.54 Å². The number of nitrogens with one attached hydrogen (secondary N) is 1. The van der Waals surface area contributed by atoms with E-state index in [0.29, 0.717) is 18.9 Å². The number of sulfonamides is 1. The quantitative estimate of drug-likeness (QED) is 0.788. The molecular weight excluding hydrogens is 319 g/mol. The normalized spacial score (nSPS) is 13.0. The zero-order valence-electron chi connectivity index (χ0n) is 14.0. The molecule has 0 unspecified atom stereocenters. The molecule has 0 aromatic heterocycles. The van der Waals surface area contributed by atoms with Gasteiger partial charge in [0.05, 0.1) is 11.9 Å². The summed E-state index contributed by atoms with van der Waals surface area (Å²) in [6.45, 7) is 6.33. The molecule has 0 aliphatic carbocycles. The van der Waals surface area contributed by atoms with E-state index in [0.717, 1.165) is 17.0 Å². The third-order valence-electron chi connectivity index (χ3n) is 3.43. The van der Waals surface area contributed by atoms with Crippen molar-refractivity contribution in [3.63, 3.8) is 0 Å². The molecule has 1 amide bonds. The minimum Gasteiger partial charge on any atom is -0.354 e. The fourth-order valence-corrected chi connectivity index (χ4v) is 3.46. The fraction of sp³-hybridized carbons (Fsp3) is 0.562. The van der Waals surface area contributed by atoms with Crippen molar-refractivity contribution in [1.82, 2.24) is 5.32 Å². The Balaban J connectivity index is 3.03. The number of hydrogen-bond donors (Lipinski definition) is 1. The minimum atomic E-state index is -3.68. The average molecular weight is 344 g/mol. The van der Waals surface area contributed by atoms with Crippen LogP contribution in [-0.2, 0) is 14.8 Å². The summed E-state index contributed by atoms with van der Waals surface area (Å²) in [5.41, 5.74) is 0.278. The van der Waals surface area contributed by atoms with E-state index in [2.05, 4.69) is 5.32 Å². The van der Waals surface area contributed by atoms with Crippen molar-refractivity contribution < 1.29 is 17.6 Å². The molecule has 130 valence electrons. The van der Waals surface area contributed by atoms with Crippen LogP contribution in [0, 0.1) is 11.7 Å². The maximum atomic E-state index is 13.1. The Morgan fingerprint density at radius 2 is 1.83 bits per heavy atom. The molecule has 5 nitrogen and oxygen atoms in total. The van der Waals surface area contributed by atoms with Crippen LogP contribution in [0.4, 0.5) is 10.1 Å². The molecule has 0 spiro atoms. The van der Waals surface area contributed by atoms with Crippen LogP contribution in [0.25, 0.3) is 0 Å². The molecule has 0 saturated heterocycles. The van der Waals surface area contributed by atoms with Crippen LogP contribution in [0.15, 0.2) is 24.3 Å². The van der Waals surface area contributed by atoms with Gasteiger partial charge in [-0.1, -0.05) is 20.8 Å². The first-order chi connectivity index (χ1) is 10.7. The van der Waals surface area contributed by atoms with Crippen LogP contribution in [0.3, 0.4) is 0 Å². The lowest BCUT2D eigenvalue weighted by Gasteiger charge is -2.30. The monoisotopic (exact) mass is 344 g/mol.